The van der Waals surface area contributed by atoms with E-state index in [4.69, 9.17) is 5.26 Å². The van der Waals surface area contributed by atoms with Crippen molar-refractivity contribution >= 4 is 5.91 Å². The van der Waals surface area contributed by atoms with E-state index in [0.29, 0.717) is 23.4 Å². The van der Waals surface area contributed by atoms with Crippen molar-refractivity contribution in [2.75, 3.05) is 13.1 Å². The molecule has 1 aromatic carbocycles. The first-order chi connectivity index (χ1) is 11.7. The second kappa shape index (κ2) is 7.09. The van der Waals surface area contributed by atoms with Gasteiger partial charge in [-0.2, -0.15) is 5.26 Å². The molecule has 5 nitrogen and oxygen atoms in total. The summed E-state index contributed by atoms with van der Waals surface area (Å²) in [6, 6.07) is 9.32. The van der Waals surface area contributed by atoms with E-state index >= 15 is 0 Å². The van der Waals surface area contributed by atoms with Crippen molar-refractivity contribution in [2.24, 2.45) is 0 Å². The number of nitrogens with zero attached hydrogens (tertiary/aromatic N) is 3. The van der Waals surface area contributed by atoms with Crippen LogP contribution in [0.3, 0.4) is 0 Å². The standard InChI is InChI=1S/C18H17FN4O/c19-14-7-5-13(6-8-14)17-16(4-1-9-21-17)18(24)22-11-15-3-2-10-23(15)12-20/h1,4-9,15H,2-3,10-11H2,(H,22,24). The molecule has 1 N–H and O–H groups in total. The predicted molar refractivity (Wildman–Crippen MR) is 87.3 cm³/mol. The van der Waals surface area contributed by atoms with Crippen molar-refractivity contribution in [3.05, 3.63) is 54.0 Å². The molecule has 1 amide bonds. The summed E-state index contributed by atoms with van der Waals surface area (Å²) in [5, 5.41) is 11.9. The third-order valence-corrected chi connectivity index (χ3v) is 4.17. The zero-order valence-corrected chi connectivity index (χ0v) is 13.1. The molecule has 0 aliphatic carbocycles. The first-order valence-corrected chi connectivity index (χ1v) is 7.84. The average molecular weight is 324 g/mol. The van der Waals surface area contributed by atoms with Crippen LogP contribution in [0.15, 0.2) is 42.6 Å². The minimum absolute atomic E-state index is 0.0462. The number of benzene rings is 1. The molecule has 0 saturated carbocycles. The fourth-order valence-corrected chi connectivity index (χ4v) is 2.91. The number of nitriles is 1. The number of carbonyl (C=O) groups is 1. The number of likely N-dealkylation sites (tertiary alicyclic amines) is 1. The van der Waals surface area contributed by atoms with Crippen LogP contribution in [0.1, 0.15) is 23.2 Å². The van der Waals surface area contributed by atoms with Crippen LogP contribution in [-0.2, 0) is 0 Å². The van der Waals surface area contributed by atoms with Crippen LogP contribution in [0.25, 0.3) is 11.3 Å². The van der Waals surface area contributed by atoms with E-state index in [0.717, 1.165) is 19.4 Å². The molecular formula is C18H17FN4O. The molecule has 1 aliphatic rings. The maximum atomic E-state index is 13.1. The summed E-state index contributed by atoms with van der Waals surface area (Å²) in [7, 11) is 0. The van der Waals surface area contributed by atoms with E-state index in [1.54, 1.807) is 35.4 Å². The Kier molecular flexibility index (Phi) is 4.71. The lowest BCUT2D eigenvalue weighted by molar-refractivity contribution is 0.0946. The fraction of sp³-hybridized carbons (Fsp3) is 0.278. The van der Waals surface area contributed by atoms with Gasteiger partial charge in [0.05, 0.1) is 17.3 Å². The molecule has 1 unspecified atom stereocenters. The van der Waals surface area contributed by atoms with Crippen molar-refractivity contribution in [2.45, 2.75) is 18.9 Å². The van der Waals surface area contributed by atoms with Crippen molar-refractivity contribution in [3.8, 4) is 17.5 Å². The van der Waals surface area contributed by atoms with Crippen LogP contribution >= 0.6 is 0 Å². The molecule has 1 atom stereocenters. The van der Waals surface area contributed by atoms with Gasteiger partial charge in [-0.15, -0.1) is 0 Å². The van der Waals surface area contributed by atoms with E-state index in [1.807, 2.05) is 0 Å². The predicted octanol–water partition coefficient (Wildman–Crippen LogP) is 2.56. The van der Waals surface area contributed by atoms with Crippen LogP contribution in [0.2, 0.25) is 0 Å². The second-order valence-electron chi connectivity index (χ2n) is 5.71. The van der Waals surface area contributed by atoms with Gasteiger partial charge < -0.3 is 10.2 Å². The minimum Gasteiger partial charge on any atom is -0.350 e. The molecule has 6 heteroatoms. The molecule has 1 aromatic heterocycles. The average Bonchev–Trinajstić information content (AvgIpc) is 3.08. The summed E-state index contributed by atoms with van der Waals surface area (Å²) >= 11 is 0. The molecule has 1 fully saturated rings. The molecular weight excluding hydrogens is 307 g/mol. The molecule has 24 heavy (non-hydrogen) atoms. The lowest BCUT2D eigenvalue weighted by Gasteiger charge is -2.19. The van der Waals surface area contributed by atoms with Gasteiger partial charge in [0.25, 0.3) is 5.91 Å². The third-order valence-electron chi connectivity index (χ3n) is 4.17. The summed E-state index contributed by atoms with van der Waals surface area (Å²) in [5.41, 5.74) is 1.63. The highest BCUT2D eigenvalue weighted by Gasteiger charge is 2.24. The van der Waals surface area contributed by atoms with Crippen molar-refractivity contribution in [1.82, 2.24) is 15.2 Å². The van der Waals surface area contributed by atoms with E-state index in [9.17, 15) is 9.18 Å². The van der Waals surface area contributed by atoms with Crippen LogP contribution in [0, 0.1) is 17.3 Å². The SMILES string of the molecule is N#CN1CCCC1CNC(=O)c1cccnc1-c1ccc(F)cc1. The van der Waals surface area contributed by atoms with Gasteiger partial charge in [0.15, 0.2) is 6.19 Å². The first-order valence-electron chi connectivity index (χ1n) is 7.84. The molecule has 0 spiro atoms. The van der Waals surface area contributed by atoms with Gasteiger partial charge in [-0.3, -0.25) is 9.78 Å². The smallest absolute Gasteiger partial charge is 0.253 e. The third kappa shape index (κ3) is 3.35. The van der Waals surface area contributed by atoms with E-state index in [-0.39, 0.29) is 17.8 Å². The number of pyridine rings is 1. The van der Waals surface area contributed by atoms with Crippen molar-refractivity contribution in [1.29, 1.82) is 5.26 Å². The number of hydrogen-bond acceptors (Lipinski definition) is 4. The summed E-state index contributed by atoms with van der Waals surface area (Å²) < 4.78 is 13.1. The molecule has 0 bridgehead atoms. The van der Waals surface area contributed by atoms with Crippen LogP contribution in [-0.4, -0.2) is 34.9 Å². The zero-order valence-electron chi connectivity index (χ0n) is 13.1. The Hall–Kier alpha value is -2.94. The molecule has 3 rings (SSSR count). The van der Waals surface area contributed by atoms with Gasteiger partial charge in [-0.05, 0) is 49.2 Å². The molecule has 0 radical (unpaired) electrons. The topological polar surface area (TPSA) is 69.0 Å². The fourth-order valence-electron chi connectivity index (χ4n) is 2.91. The van der Waals surface area contributed by atoms with E-state index < -0.39 is 0 Å². The number of carbonyl (C=O) groups excluding carboxylic acids is 1. The largest absolute Gasteiger partial charge is 0.350 e. The van der Waals surface area contributed by atoms with Gasteiger partial charge in [-0.1, -0.05) is 0 Å². The van der Waals surface area contributed by atoms with Crippen LogP contribution in [0.4, 0.5) is 4.39 Å². The van der Waals surface area contributed by atoms with E-state index in [1.165, 1.54) is 12.1 Å². The first kappa shape index (κ1) is 15.9. The Morgan fingerprint density at radius 1 is 1.38 bits per heavy atom. The van der Waals surface area contributed by atoms with Gasteiger partial charge in [-0.25, -0.2) is 4.39 Å². The van der Waals surface area contributed by atoms with Gasteiger partial charge in [0.2, 0.25) is 0 Å². The Morgan fingerprint density at radius 3 is 2.92 bits per heavy atom. The molecule has 122 valence electrons. The highest BCUT2D eigenvalue weighted by Crippen LogP contribution is 2.22. The number of aromatic nitrogens is 1. The quantitative estimate of drug-likeness (QED) is 0.878. The van der Waals surface area contributed by atoms with Crippen molar-refractivity contribution in [3.63, 3.8) is 0 Å². The Bertz CT molecular complexity index is 769. The highest BCUT2D eigenvalue weighted by molar-refractivity contribution is 5.99. The van der Waals surface area contributed by atoms with Crippen molar-refractivity contribution < 1.29 is 9.18 Å². The number of amides is 1. The monoisotopic (exact) mass is 324 g/mol. The lowest BCUT2D eigenvalue weighted by Crippen LogP contribution is -2.38. The zero-order chi connectivity index (χ0) is 16.9. The minimum atomic E-state index is -0.335. The van der Waals surface area contributed by atoms with Gasteiger partial charge in [0.1, 0.15) is 5.82 Å². The summed E-state index contributed by atoms with van der Waals surface area (Å²) in [6.07, 6.45) is 5.61. The number of hydrogen-bond donors (Lipinski definition) is 1. The van der Waals surface area contributed by atoms with Gasteiger partial charge >= 0.3 is 0 Å². The van der Waals surface area contributed by atoms with Crippen LogP contribution in [0.5, 0.6) is 0 Å². The summed E-state index contributed by atoms with van der Waals surface area (Å²) in [6.45, 7) is 1.16. The number of halogens is 1. The van der Waals surface area contributed by atoms with Gasteiger partial charge in [0, 0.05) is 24.8 Å². The lowest BCUT2D eigenvalue weighted by atomic mass is 10.1. The Morgan fingerprint density at radius 2 is 2.17 bits per heavy atom. The summed E-state index contributed by atoms with van der Waals surface area (Å²) in [5.74, 6) is -0.578. The highest BCUT2D eigenvalue weighted by atomic mass is 19.1. The Labute approximate surface area is 139 Å². The number of nitrogens with one attached hydrogen (secondary N) is 1. The van der Waals surface area contributed by atoms with E-state index in [2.05, 4.69) is 16.5 Å². The van der Waals surface area contributed by atoms with Crippen LogP contribution < -0.4 is 5.32 Å². The maximum absolute atomic E-state index is 13.1. The molecule has 2 heterocycles. The summed E-state index contributed by atoms with van der Waals surface area (Å²) in [4.78, 5) is 18.5. The molecule has 1 aliphatic heterocycles. The molecule has 2 aromatic rings. The Balaban J connectivity index is 1.76. The maximum Gasteiger partial charge on any atom is 0.253 e. The second-order valence-corrected chi connectivity index (χ2v) is 5.71. The normalized spacial score (nSPS) is 16.7. The molecule has 1 saturated heterocycles. The number of rotatable bonds is 4.